The van der Waals surface area contributed by atoms with Gasteiger partial charge in [-0.2, -0.15) is 0 Å². The maximum absolute atomic E-state index is 4.09. The van der Waals surface area contributed by atoms with Crippen LogP contribution in [0.5, 0.6) is 0 Å². The first-order valence-corrected chi connectivity index (χ1v) is 5.12. The van der Waals surface area contributed by atoms with Crippen molar-refractivity contribution in [3.63, 3.8) is 0 Å². The second-order valence-electron chi connectivity index (χ2n) is 4.13. The van der Waals surface area contributed by atoms with E-state index in [1.54, 1.807) is 0 Å². The van der Waals surface area contributed by atoms with Crippen LogP contribution in [0, 0.1) is 13.8 Å². The van der Waals surface area contributed by atoms with Crippen molar-refractivity contribution in [3.05, 3.63) is 54.5 Å². The van der Waals surface area contributed by atoms with Gasteiger partial charge in [0.05, 0.1) is 0 Å². The van der Waals surface area contributed by atoms with E-state index in [2.05, 4.69) is 52.5 Å². The fourth-order valence-electron chi connectivity index (χ4n) is 1.67. The summed E-state index contributed by atoms with van der Waals surface area (Å²) in [6, 6.07) is 6.58. The lowest BCUT2D eigenvalue weighted by molar-refractivity contribution is 0.837. The molecule has 0 fully saturated rings. The van der Waals surface area contributed by atoms with E-state index in [4.69, 9.17) is 0 Å². The van der Waals surface area contributed by atoms with Gasteiger partial charge in [0, 0.05) is 5.92 Å². The zero-order valence-corrected chi connectivity index (χ0v) is 9.38. The van der Waals surface area contributed by atoms with Gasteiger partial charge in [-0.15, -0.1) is 6.58 Å². The molecule has 0 saturated heterocycles. The highest BCUT2D eigenvalue weighted by Crippen LogP contribution is 2.27. The van der Waals surface area contributed by atoms with Crippen molar-refractivity contribution in [2.75, 3.05) is 0 Å². The molecule has 14 heavy (non-hydrogen) atoms. The molecule has 0 heterocycles. The van der Waals surface area contributed by atoms with Crippen LogP contribution in [0.2, 0.25) is 0 Å². The summed E-state index contributed by atoms with van der Waals surface area (Å²) in [6.07, 6.45) is 1.90. The van der Waals surface area contributed by atoms with Crippen molar-refractivity contribution < 1.29 is 0 Å². The molecule has 0 aliphatic heterocycles. The van der Waals surface area contributed by atoms with E-state index in [9.17, 15) is 0 Å². The van der Waals surface area contributed by atoms with E-state index in [1.807, 2.05) is 6.08 Å². The lowest BCUT2D eigenvalue weighted by Crippen LogP contribution is -1.99. The molecule has 0 aliphatic carbocycles. The van der Waals surface area contributed by atoms with Crippen LogP contribution >= 0.6 is 0 Å². The summed E-state index contributed by atoms with van der Waals surface area (Å²) in [5.41, 5.74) is 3.99. The SMILES string of the molecule is [CH2]C(C=C)c1cc(C)ccc1C(C)C. The summed E-state index contributed by atoms with van der Waals surface area (Å²) >= 11 is 0. The van der Waals surface area contributed by atoms with Gasteiger partial charge in [-0.25, -0.2) is 0 Å². The lowest BCUT2D eigenvalue weighted by Gasteiger charge is -2.16. The maximum atomic E-state index is 4.09. The molecule has 1 rings (SSSR count). The highest BCUT2D eigenvalue weighted by molar-refractivity contribution is 5.38. The zero-order chi connectivity index (χ0) is 10.7. The Morgan fingerprint density at radius 3 is 2.36 bits per heavy atom. The molecule has 0 spiro atoms. The molecule has 0 amide bonds. The van der Waals surface area contributed by atoms with Crippen LogP contribution in [0.3, 0.4) is 0 Å². The average Bonchev–Trinajstić information content (AvgIpc) is 2.16. The molecule has 0 nitrogen and oxygen atoms in total. The maximum Gasteiger partial charge on any atom is 0.00185 e. The number of hydrogen-bond donors (Lipinski definition) is 0. The lowest BCUT2D eigenvalue weighted by atomic mass is 9.88. The molecule has 1 aromatic rings. The highest BCUT2D eigenvalue weighted by atomic mass is 14.1. The molecule has 0 N–H and O–H groups in total. The summed E-state index contributed by atoms with van der Waals surface area (Å²) in [5, 5.41) is 0. The molecular weight excluding hydrogens is 168 g/mol. The van der Waals surface area contributed by atoms with E-state index in [1.165, 1.54) is 16.7 Å². The van der Waals surface area contributed by atoms with Gasteiger partial charge in [0.1, 0.15) is 0 Å². The van der Waals surface area contributed by atoms with Gasteiger partial charge in [0.2, 0.25) is 0 Å². The Hall–Kier alpha value is -1.04. The van der Waals surface area contributed by atoms with Crippen LogP contribution in [-0.4, -0.2) is 0 Å². The molecule has 0 saturated carbocycles. The number of hydrogen-bond acceptors (Lipinski definition) is 0. The van der Waals surface area contributed by atoms with E-state index < -0.39 is 0 Å². The molecule has 1 atom stereocenters. The first-order valence-electron chi connectivity index (χ1n) is 5.12. The summed E-state index contributed by atoms with van der Waals surface area (Å²) in [4.78, 5) is 0. The molecule has 0 aliphatic rings. The van der Waals surface area contributed by atoms with Crippen molar-refractivity contribution in [2.24, 2.45) is 0 Å². The molecule has 1 unspecified atom stereocenters. The van der Waals surface area contributed by atoms with Crippen LogP contribution in [0.15, 0.2) is 30.9 Å². The normalized spacial score (nSPS) is 12.9. The van der Waals surface area contributed by atoms with Crippen LogP contribution in [0.1, 0.15) is 42.4 Å². The number of allylic oxidation sites excluding steroid dienone is 1. The van der Waals surface area contributed by atoms with E-state index in [0.29, 0.717) is 5.92 Å². The summed E-state index contributed by atoms with van der Waals surface area (Å²) in [5.74, 6) is 0.752. The van der Waals surface area contributed by atoms with Gasteiger partial charge < -0.3 is 0 Å². The molecule has 0 aromatic heterocycles. The topological polar surface area (TPSA) is 0 Å². The Morgan fingerprint density at radius 1 is 1.21 bits per heavy atom. The van der Waals surface area contributed by atoms with Crippen LogP contribution in [0.25, 0.3) is 0 Å². The number of benzene rings is 1. The second kappa shape index (κ2) is 4.45. The standard InChI is InChI=1S/C14H19/c1-6-12(5)14-9-11(4)7-8-13(14)10(2)3/h6-10,12H,1,5H2,2-4H3. The number of rotatable bonds is 3. The molecule has 75 valence electrons. The monoisotopic (exact) mass is 187 g/mol. The Labute approximate surface area is 87.7 Å². The van der Waals surface area contributed by atoms with Gasteiger partial charge in [-0.1, -0.05) is 43.7 Å². The predicted molar refractivity (Wildman–Crippen MR) is 63.6 cm³/mol. The van der Waals surface area contributed by atoms with Gasteiger partial charge in [-0.05, 0) is 30.9 Å². The van der Waals surface area contributed by atoms with Gasteiger partial charge in [0.15, 0.2) is 0 Å². The molecular formula is C14H19. The van der Waals surface area contributed by atoms with Crippen molar-refractivity contribution in [1.29, 1.82) is 0 Å². The fraction of sp³-hybridized carbons (Fsp3) is 0.357. The molecule has 0 heteroatoms. The Morgan fingerprint density at radius 2 is 1.86 bits per heavy atom. The Bertz CT molecular complexity index is 321. The zero-order valence-electron chi connectivity index (χ0n) is 9.38. The summed E-state index contributed by atoms with van der Waals surface area (Å²) in [6.45, 7) is 14.4. The summed E-state index contributed by atoms with van der Waals surface area (Å²) < 4.78 is 0. The van der Waals surface area contributed by atoms with E-state index in [-0.39, 0.29) is 5.92 Å². The quantitative estimate of drug-likeness (QED) is 0.621. The number of aryl methyl sites for hydroxylation is 1. The van der Waals surface area contributed by atoms with Gasteiger partial charge >= 0.3 is 0 Å². The van der Waals surface area contributed by atoms with Crippen molar-refractivity contribution in [3.8, 4) is 0 Å². The van der Waals surface area contributed by atoms with E-state index in [0.717, 1.165) is 0 Å². The molecule has 1 radical (unpaired) electrons. The second-order valence-corrected chi connectivity index (χ2v) is 4.13. The summed E-state index contributed by atoms with van der Waals surface area (Å²) in [7, 11) is 0. The first-order chi connectivity index (χ1) is 6.56. The van der Waals surface area contributed by atoms with E-state index >= 15 is 0 Å². The largest absolute Gasteiger partial charge is 0.102 e. The van der Waals surface area contributed by atoms with Crippen molar-refractivity contribution >= 4 is 0 Å². The Kier molecular flexibility index (Phi) is 3.51. The third-order valence-electron chi connectivity index (χ3n) is 2.55. The smallest absolute Gasteiger partial charge is 0.00185 e. The van der Waals surface area contributed by atoms with Crippen LogP contribution in [0.4, 0.5) is 0 Å². The predicted octanol–water partition coefficient (Wildman–Crippen LogP) is 4.22. The minimum Gasteiger partial charge on any atom is -0.102 e. The molecule has 1 aromatic carbocycles. The highest BCUT2D eigenvalue weighted by Gasteiger charge is 2.10. The fourth-order valence-corrected chi connectivity index (χ4v) is 1.67. The minimum atomic E-state index is 0.201. The molecule has 0 bridgehead atoms. The Balaban J connectivity index is 3.22. The minimum absolute atomic E-state index is 0.201. The third kappa shape index (κ3) is 2.25. The van der Waals surface area contributed by atoms with Crippen molar-refractivity contribution in [2.45, 2.75) is 32.6 Å². The van der Waals surface area contributed by atoms with Crippen molar-refractivity contribution in [1.82, 2.24) is 0 Å². The van der Waals surface area contributed by atoms with Gasteiger partial charge in [0.25, 0.3) is 0 Å². The first kappa shape index (κ1) is 11.0. The van der Waals surface area contributed by atoms with Crippen LogP contribution in [-0.2, 0) is 0 Å². The third-order valence-corrected chi connectivity index (χ3v) is 2.55. The van der Waals surface area contributed by atoms with Gasteiger partial charge in [-0.3, -0.25) is 0 Å². The van der Waals surface area contributed by atoms with Crippen LogP contribution < -0.4 is 0 Å². The average molecular weight is 187 g/mol.